The summed E-state index contributed by atoms with van der Waals surface area (Å²) in [4.78, 5) is 38.6. The number of carbonyl (C=O) groups is 1. The minimum Gasteiger partial charge on any atom is -0.444 e. The molecular weight excluding hydrogens is 424 g/mol. The molecule has 2 heterocycles. The van der Waals surface area contributed by atoms with Gasteiger partial charge in [0.2, 0.25) is 5.89 Å². The molecule has 0 unspecified atom stereocenters. The van der Waals surface area contributed by atoms with Crippen molar-refractivity contribution in [2.45, 2.75) is 78.7 Å². The zero-order valence-electron chi connectivity index (χ0n) is 20.2. The highest BCUT2D eigenvalue weighted by atomic mass is 16.6. The Kier molecular flexibility index (Phi) is 6.87. The average Bonchev–Trinajstić information content (AvgIpc) is 3.15. The number of aromatic nitrogens is 4. The van der Waals surface area contributed by atoms with Gasteiger partial charge in [0.1, 0.15) is 17.0 Å². The van der Waals surface area contributed by atoms with E-state index >= 15 is 0 Å². The van der Waals surface area contributed by atoms with Gasteiger partial charge in [0.15, 0.2) is 5.82 Å². The second kappa shape index (κ2) is 9.30. The summed E-state index contributed by atoms with van der Waals surface area (Å²) in [5, 5.41) is 7.38. The number of amides is 1. The molecule has 178 valence electrons. The molecule has 0 saturated heterocycles. The Morgan fingerprint density at radius 2 is 1.85 bits per heavy atom. The number of benzene rings is 1. The number of para-hydroxylation sites is 1. The fourth-order valence-corrected chi connectivity index (χ4v) is 3.18. The maximum Gasteiger partial charge on any atom is 0.408 e. The van der Waals surface area contributed by atoms with Crippen LogP contribution in [0.4, 0.5) is 4.79 Å². The highest BCUT2D eigenvalue weighted by Crippen LogP contribution is 2.19. The van der Waals surface area contributed by atoms with Crippen molar-refractivity contribution in [3.63, 3.8) is 0 Å². The summed E-state index contributed by atoms with van der Waals surface area (Å²) in [7, 11) is 0. The van der Waals surface area contributed by atoms with Gasteiger partial charge in [0, 0.05) is 6.04 Å². The van der Waals surface area contributed by atoms with Gasteiger partial charge in [0.05, 0.1) is 24.0 Å². The van der Waals surface area contributed by atoms with Crippen molar-refractivity contribution in [2.75, 3.05) is 0 Å². The maximum atomic E-state index is 12.4. The van der Waals surface area contributed by atoms with E-state index in [1.165, 1.54) is 0 Å². The summed E-state index contributed by atoms with van der Waals surface area (Å²) in [6.45, 7) is 13.7. The third-order valence-electron chi connectivity index (χ3n) is 4.92. The Hall–Kier alpha value is -3.27. The van der Waals surface area contributed by atoms with E-state index in [9.17, 15) is 9.59 Å². The number of nitrogens with one attached hydrogen (secondary N) is 2. The Morgan fingerprint density at radius 3 is 2.52 bits per heavy atom. The number of fused-ring (bicyclic) bond motifs is 1. The van der Waals surface area contributed by atoms with Crippen LogP contribution in [0.3, 0.4) is 0 Å². The van der Waals surface area contributed by atoms with Crippen LogP contribution in [0.15, 0.2) is 33.6 Å². The van der Waals surface area contributed by atoms with E-state index in [1.807, 2.05) is 32.0 Å². The molecule has 0 aliphatic rings. The molecule has 3 rings (SSSR count). The molecule has 33 heavy (non-hydrogen) atoms. The Labute approximate surface area is 192 Å². The van der Waals surface area contributed by atoms with Crippen LogP contribution in [-0.2, 0) is 23.4 Å². The molecule has 0 spiro atoms. The Bertz CT molecular complexity index is 1180. The largest absolute Gasteiger partial charge is 0.444 e. The molecule has 0 bridgehead atoms. The lowest BCUT2D eigenvalue weighted by atomic mass is 10.1. The van der Waals surface area contributed by atoms with Gasteiger partial charge in [-0.2, -0.15) is 4.98 Å². The molecule has 2 aromatic heterocycles. The molecule has 0 fully saturated rings. The Morgan fingerprint density at radius 1 is 1.15 bits per heavy atom. The van der Waals surface area contributed by atoms with Gasteiger partial charge in [-0.3, -0.25) is 9.69 Å². The maximum absolute atomic E-state index is 12.4. The third kappa shape index (κ3) is 6.38. The van der Waals surface area contributed by atoms with Crippen LogP contribution in [0.25, 0.3) is 10.9 Å². The molecule has 0 atom stereocenters. The second-order valence-corrected chi connectivity index (χ2v) is 9.79. The molecule has 10 heteroatoms. The predicted octanol–water partition coefficient (Wildman–Crippen LogP) is 3.48. The number of alkyl carbamates (subject to hydrolysis) is 1. The van der Waals surface area contributed by atoms with Crippen LogP contribution in [0, 0.1) is 0 Å². The van der Waals surface area contributed by atoms with Crippen LogP contribution in [0.2, 0.25) is 0 Å². The number of aromatic amines is 1. The van der Waals surface area contributed by atoms with Gasteiger partial charge < -0.3 is 19.6 Å². The van der Waals surface area contributed by atoms with Gasteiger partial charge in [-0.1, -0.05) is 17.3 Å². The van der Waals surface area contributed by atoms with Crippen molar-refractivity contribution < 1.29 is 14.1 Å². The minimum absolute atomic E-state index is 0.116. The second-order valence-electron chi connectivity index (χ2n) is 9.79. The van der Waals surface area contributed by atoms with Crippen LogP contribution < -0.4 is 10.9 Å². The molecule has 1 aromatic carbocycles. The zero-order chi connectivity index (χ0) is 24.4. The predicted molar refractivity (Wildman–Crippen MR) is 123 cm³/mol. The first-order chi connectivity index (χ1) is 15.3. The van der Waals surface area contributed by atoms with E-state index in [-0.39, 0.29) is 11.6 Å². The van der Waals surface area contributed by atoms with E-state index < -0.39 is 17.2 Å². The van der Waals surface area contributed by atoms with Gasteiger partial charge in [-0.15, -0.1) is 0 Å². The lowest BCUT2D eigenvalue weighted by molar-refractivity contribution is 0.0465. The van der Waals surface area contributed by atoms with E-state index in [4.69, 9.17) is 9.26 Å². The SMILES string of the molecule is CC(C)N(Cc1nc2ccccc2c(=O)[nH]1)Cc1nc(C(C)(C)NC(=O)OC(C)(C)C)no1. The summed E-state index contributed by atoms with van der Waals surface area (Å²) in [5.74, 6) is 1.28. The van der Waals surface area contributed by atoms with Crippen LogP contribution in [-0.4, -0.2) is 42.7 Å². The molecule has 1 amide bonds. The summed E-state index contributed by atoms with van der Waals surface area (Å²) >= 11 is 0. The first-order valence-electron chi connectivity index (χ1n) is 10.9. The molecule has 0 aliphatic heterocycles. The van der Waals surface area contributed by atoms with Gasteiger partial charge in [-0.05, 0) is 60.6 Å². The van der Waals surface area contributed by atoms with Gasteiger partial charge in [0.25, 0.3) is 5.56 Å². The number of hydrogen-bond donors (Lipinski definition) is 2. The van der Waals surface area contributed by atoms with Crippen molar-refractivity contribution in [3.8, 4) is 0 Å². The van der Waals surface area contributed by atoms with Crippen LogP contribution >= 0.6 is 0 Å². The van der Waals surface area contributed by atoms with E-state index in [2.05, 4.69) is 30.3 Å². The van der Waals surface area contributed by atoms with Gasteiger partial charge >= 0.3 is 6.09 Å². The summed E-state index contributed by atoms with van der Waals surface area (Å²) < 4.78 is 10.8. The van der Waals surface area contributed by atoms with Crippen molar-refractivity contribution in [3.05, 3.63) is 52.2 Å². The molecule has 2 N–H and O–H groups in total. The third-order valence-corrected chi connectivity index (χ3v) is 4.92. The minimum atomic E-state index is -0.891. The van der Waals surface area contributed by atoms with Crippen molar-refractivity contribution >= 4 is 17.0 Å². The first-order valence-corrected chi connectivity index (χ1v) is 10.9. The highest BCUT2D eigenvalue weighted by Gasteiger charge is 2.31. The summed E-state index contributed by atoms with van der Waals surface area (Å²) in [6, 6.07) is 7.35. The first kappa shape index (κ1) is 24.4. The van der Waals surface area contributed by atoms with E-state index in [0.29, 0.717) is 41.5 Å². The number of hydrogen-bond acceptors (Lipinski definition) is 8. The molecule has 0 aliphatic carbocycles. The van der Waals surface area contributed by atoms with E-state index in [1.54, 1.807) is 40.7 Å². The normalized spacial score (nSPS) is 12.5. The quantitative estimate of drug-likeness (QED) is 0.553. The fourth-order valence-electron chi connectivity index (χ4n) is 3.18. The van der Waals surface area contributed by atoms with Gasteiger partial charge in [-0.25, -0.2) is 9.78 Å². The summed E-state index contributed by atoms with van der Waals surface area (Å²) in [6.07, 6.45) is -0.561. The molecule has 0 radical (unpaired) electrons. The topological polar surface area (TPSA) is 126 Å². The number of rotatable bonds is 7. The lowest BCUT2D eigenvalue weighted by Gasteiger charge is -2.26. The standard InChI is InChI=1S/C23H32N6O4/c1-14(2)29(12-17-24-16-11-9-8-10-15(16)19(30)25-17)13-18-26-20(28-33-18)23(6,7)27-21(31)32-22(3,4)5/h8-11,14H,12-13H2,1-7H3,(H,27,31)(H,24,25,30). The average molecular weight is 457 g/mol. The molecule has 10 nitrogen and oxygen atoms in total. The molecule has 3 aromatic rings. The summed E-state index contributed by atoms with van der Waals surface area (Å²) in [5.41, 5.74) is -1.03. The monoisotopic (exact) mass is 456 g/mol. The van der Waals surface area contributed by atoms with Crippen molar-refractivity contribution in [1.29, 1.82) is 0 Å². The fraction of sp³-hybridized carbons (Fsp3) is 0.522. The smallest absolute Gasteiger partial charge is 0.408 e. The molecular formula is C23H32N6O4. The number of nitrogens with zero attached hydrogens (tertiary/aromatic N) is 4. The highest BCUT2D eigenvalue weighted by molar-refractivity contribution is 5.77. The Balaban J connectivity index is 1.74. The van der Waals surface area contributed by atoms with Crippen LogP contribution in [0.5, 0.6) is 0 Å². The number of carbonyl (C=O) groups excluding carboxylic acids is 1. The lowest BCUT2D eigenvalue weighted by Crippen LogP contribution is -2.44. The van der Waals surface area contributed by atoms with E-state index in [0.717, 1.165) is 0 Å². The number of H-pyrrole nitrogens is 1. The van der Waals surface area contributed by atoms with Crippen molar-refractivity contribution in [1.82, 2.24) is 30.3 Å². The van der Waals surface area contributed by atoms with Crippen molar-refractivity contribution in [2.24, 2.45) is 0 Å². The molecule has 0 saturated carbocycles. The number of ether oxygens (including phenoxy) is 1. The zero-order valence-corrected chi connectivity index (χ0v) is 20.2. The van der Waals surface area contributed by atoms with Crippen LogP contribution in [0.1, 0.15) is 66.0 Å².